The molecule has 2 aromatic carbocycles. The Hall–Kier alpha value is -1.58. The van der Waals surface area contributed by atoms with Crippen molar-refractivity contribution in [3.63, 3.8) is 0 Å². The van der Waals surface area contributed by atoms with Crippen LogP contribution in [-0.4, -0.2) is 7.11 Å². The van der Waals surface area contributed by atoms with Crippen LogP contribution in [0.5, 0.6) is 5.75 Å². The molecule has 0 aliphatic rings. The normalized spacial score (nSPS) is 13.8. The van der Waals surface area contributed by atoms with Gasteiger partial charge in [0.1, 0.15) is 11.6 Å². The lowest BCUT2D eigenvalue weighted by Gasteiger charge is -2.26. The van der Waals surface area contributed by atoms with Crippen molar-refractivity contribution in [1.29, 1.82) is 0 Å². The van der Waals surface area contributed by atoms with Crippen LogP contribution in [-0.2, 0) is 12.0 Å². The monoisotopic (exact) mass is 293 g/mol. The van der Waals surface area contributed by atoms with Crippen molar-refractivity contribution in [3.8, 4) is 5.75 Å². The van der Waals surface area contributed by atoms with Crippen molar-refractivity contribution < 1.29 is 9.13 Å². The number of nitrogens with two attached hydrogens (primary N) is 1. The first-order valence-electron chi connectivity index (χ1n) is 6.30. The maximum absolute atomic E-state index is 13.0. The van der Waals surface area contributed by atoms with E-state index in [-0.39, 0.29) is 5.82 Å². The third-order valence-corrected chi connectivity index (χ3v) is 3.54. The fourth-order valence-electron chi connectivity index (χ4n) is 2.21. The molecule has 2 N–H and O–H groups in total. The standard InChI is InChI=1S/C16H17ClFNO/c1-16(19,12-3-6-14(18)7-4-12)10-11-9-13(17)5-8-15(11)20-2/h3-9H,10,19H2,1-2H3. The van der Waals surface area contributed by atoms with Gasteiger partial charge in [-0.15, -0.1) is 0 Å². The van der Waals surface area contributed by atoms with Crippen LogP contribution in [0, 0.1) is 5.82 Å². The Morgan fingerprint density at radius 1 is 1.20 bits per heavy atom. The largest absolute Gasteiger partial charge is 0.496 e. The molecule has 20 heavy (non-hydrogen) atoms. The summed E-state index contributed by atoms with van der Waals surface area (Å²) in [5.41, 5.74) is 7.53. The minimum Gasteiger partial charge on any atom is -0.496 e. The second-order valence-corrected chi connectivity index (χ2v) is 5.49. The highest BCUT2D eigenvalue weighted by Gasteiger charge is 2.23. The molecule has 0 spiro atoms. The molecule has 2 nitrogen and oxygen atoms in total. The van der Waals surface area contributed by atoms with Crippen molar-refractivity contribution in [3.05, 3.63) is 64.4 Å². The van der Waals surface area contributed by atoms with Gasteiger partial charge in [-0.1, -0.05) is 23.7 Å². The number of ether oxygens (including phenoxy) is 1. The third-order valence-electron chi connectivity index (χ3n) is 3.30. The van der Waals surface area contributed by atoms with Gasteiger partial charge in [-0.25, -0.2) is 4.39 Å². The summed E-state index contributed by atoms with van der Waals surface area (Å²) < 4.78 is 18.3. The topological polar surface area (TPSA) is 35.2 Å². The van der Waals surface area contributed by atoms with Gasteiger partial charge in [-0.3, -0.25) is 0 Å². The molecule has 2 aromatic rings. The predicted molar refractivity (Wildman–Crippen MR) is 79.6 cm³/mol. The molecule has 0 bridgehead atoms. The van der Waals surface area contributed by atoms with Gasteiger partial charge in [0, 0.05) is 10.6 Å². The summed E-state index contributed by atoms with van der Waals surface area (Å²) in [6.07, 6.45) is 0.544. The smallest absolute Gasteiger partial charge is 0.123 e. The number of hydrogen-bond acceptors (Lipinski definition) is 2. The van der Waals surface area contributed by atoms with Crippen LogP contribution in [0.25, 0.3) is 0 Å². The van der Waals surface area contributed by atoms with E-state index in [1.807, 2.05) is 19.1 Å². The van der Waals surface area contributed by atoms with Crippen molar-refractivity contribution in [1.82, 2.24) is 0 Å². The van der Waals surface area contributed by atoms with Crippen LogP contribution in [0.1, 0.15) is 18.1 Å². The number of hydrogen-bond donors (Lipinski definition) is 1. The summed E-state index contributed by atoms with van der Waals surface area (Å²) in [7, 11) is 1.61. The van der Waals surface area contributed by atoms with Crippen molar-refractivity contribution in [2.75, 3.05) is 7.11 Å². The summed E-state index contributed by atoms with van der Waals surface area (Å²) in [6, 6.07) is 11.7. The van der Waals surface area contributed by atoms with E-state index in [0.29, 0.717) is 11.4 Å². The Balaban J connectivity index is 2.32. The third kappa shape index (κ3) is 3.30. The van der Waals surface area contributed by atoms with E-state index < -0.39 is 5.54 Å². The molecule has 4 heteroatoms. The lowest BCUT2D eigenvalue weighted by atomic mass is 9.86. The van der Waals surface area contributed by atoms with Crippen LogP contribution in [0.4, 0.5) is 4.39 Å². The Labute approximate surface area is 123 Å². The lowest BCUT2D eigenvalue weighted by molar-refractivity contribution is 0.399. The lowest BCUT2D eigenvalue weighted by Crippen LogP contribution is -2.35. The summed E-state index contributed by atoms with van der Waals surface area (Å²) in [6.45, 7) is 1.90. The highest BCUT2D eigenvalue weighted by atomic mass is 35.5. The first-order chi connectivity index (χ1) is 9.42. The highest BCUT2D eigenvalue weighted by Crippen LogP contribution is 2.30. The molecule has 0 fully saturated rings. The minimum absolute atomic E-state index is 0.273. The van der Waals surface area contributed by atoms with Gasteiger partial charge in [0.05, 0.1) is 7.11 Å². The average Bonchev–Trinajstić information content (AvgIpc) is 2.39. The summed E-state index contributed by atoms with van der Waals surface area (Å²) in [5.74, 6) is 0.470. The summed E-state index contributed by atoms with van der Waals surface area (Å²) in [5, 5.41) is 0.635. The van der Waals surface area contributed by atoms with Gasteiger partial charge < -0.3 is 10.5 Å². The van der Waals surface area contributed by atoms with Crippen molar-refractivity contribution in [2.45, 2.75) is 18.9 Å². The molecule has 0 aliphatic carbocycles. The minimum atomic E-state index is -0.633. The molecule has 0 aliphatic heterocycles. The van der Waals surface area contributed by atoms with Gasteiger partial charge in [0.25, 0.3) is 0 Å². The molecule has 0 amide bonds. The summed E-state index contributed by atoms with van der Waals surface area (Å²) in [4.78, 5) is 0. The number of rotatable bonds is 4. The van der Waals surface area contributed by atoms with Crippen molar-refractivity contribution in [2.24, 2.45) is 5.73 Å². The van der Waals surface area contributed by atoms with Crippen LogP contribution >= 0.6 is 11.6 Å². The fraction of sp³-hybridized carbons (Fsp3) is 0.250. The molecule has 0 radical (unpaired) electrons. The van der Waals surface area contributed by atoms with Crippen LogP contribution in [0.2, 0.25) is 5.02 Å². The predicted octanol–water partition coefficient (Wildman–Crippen LogP) is 3.90. The zero-order valence-corrected chi connectivity index (χ0v) is 12.2. The molecule has 1 unspecified atom stereocenters. The van der Waals surface area contributed by atoms with Gasteiger partial charge in [-0.05, 0) is 54.8 Å². The second-order valence-electron chi connectivity index (χ2n) is 5.06. The van der Waals surface area contributed by atoms with Crippen LogP contribution in [0.15, 0.2) is 42.5 Å². The van der Waals surface area contributed by atoms with E-state index in [1.54, 1.807) is 25.3 Å². The average molecular weight is 294 g/mol. The molecule has 0 heterocycles. The molecular weight excluding hydrogens is 277 g/mol. The van der Waals surface area contributed by atoms with E-state index in [9.17, 15) is 4.39 Å². The van der Waals surface area contributed by atoms with Crippen LogP contribution < -0.4 is 10.5 Å². The number of benzene rings is 2. The maximum atomic E-state index is 13.0. The van der Waals surface area contributed by atoms with E-state index in [4.69, 9.17) is 22.1 Å². The first kappa shape index (κ1) is 14.8. The van der Waals surface area contributed by atoms with E-state index >= 15 is 0 Å². The zero-order chi connectivity index (χ0) is 14.8. The van der Waals surface area contributed by atoms with Crippen molar-refractivity contribution >= 4 is 11.6 Å². The van der Waals surface area contributed by atoms with Gasteiger partial charge in [0.2, 0.25) is 0 Å². The molecule has 0 saturated heterocycles. The fourth-order valence-corrected chi connectivity index (χ4v) is 2.41. The molecule has 106 valence electrons. The zero-order valence-electron chi connectivity index (χ0n) is 11.5. The quantitative estimate of drug-likeness (QED) is 0.928. The van der Waals surface area contributed by atoms with E-state index in [2.05, 4.69) is 0 Å². The van der Waals surface area contributed by atoms with Gasteiger partial charge in [0.15, 0.2) is 0 Å². The maximum Gasteiger partial charge on any atom is 0.123 e. The highest BCUT2D eigenvalue weighted by molar-refractivity contribution is 6.30. The Bertz CT molecular complexity index is 596. The van der Waals surface area contributed by atoms with Gasteiger partial charge >= 0.3 is 0 Å². The SMILES string of the molecule is COc1ccc(Cl)cc1CC(C)(N)c1ccc(F)cc1. The number of halogens is 2. The van der Waals surface area contributed by atoms with Crippen LogP contribution in [0.3, 0.4) is 0 Å². The molecule has 0 saturated carbocycles. The molecule has 2 rings (SSSR count). The Kier molecular flexibility index (Phi) is 4.31. The summed E-state index contributed by atoms with van der Waals surface area (Å²) >= 11 is 6.02. The van der Waals surface area contributed by atoms with E-state index in [1.165, 1.54) is 12.1 Å². The Morgan fingerprint density at radius 2 is 1.85 bits per heavy atom. The molecule has 0 aromatic heterocycles. The molecular formula is C16H17ClFNO. The molecule has 1 atom stereocenters. The Morgan fingerprint density at radius 3 is 2.45 bits per heavy atom. The second kappa shape index (κ2) is 5.81. The van der Waals surface area contributed by atoms with E-state index in [0.717, 1.165) is 16.9 Å². The first-order valence-corrected chi connectivity index (χ1v) is 6.67. The van der Waals surface area contributed by atoms with Gasteiger partial charge in [-0.2, -0.15) is 0 Å². The number of methoxy groups -OCH3 is 1.